The molecule has 5 heteroatoms. The highest BCUT2D eigenvalue weighted by atomic mass is 16.3. The lowest BCUT2D eigenvalue weighted by atomic mass is 10.1. The largest absolute Gasteiger partial charge is 0.468 e. The van der Waals surface area contributed by atoms with E-state index in [1.54, 1.807) is 6.26 Å². The van der Waals surface area contributed by atoms with E-state index in [4.69, 9.17) is 8.83 Å². The van der Waals surface area contributed by atoms with Crippen molar-refractivity contribution >= 4 is 11.0 Å². The zero-order valence-electron chi connectivity index (χ0n) is 13.7. The number of fused-ring (bicyclic) bond motifs is 1. The fourth-order valence-electron chi connectivity index (χ4n) is 2.90. The van der Waals surface area contributed by atoms with Crippen LogP contribution in [0, 0.1) is 0 Å². The second kappa shape index (κ2) is 6.02. The van der Waals surface area contributed by atoms with Gasteiger partial charge in [-0.05, 0) is 38.2 Å². The summed E-state index contributed by atoms with van der Waals surface area (Å²) >= 11 is 0. The minimum Gasteiger partial charge on any atom is -0.468 e. The molecule has 0 aliphatic rings. The Kier molecular flexibility index (Phi) is 3.70. The summed E-state index contributed by atoms with van der Waals surface area (Å²) in [6, 6.07) is 14.1. The fraction of sp³-hybridized carbons (Fsp3) is 0.211. The lowest BCUT2D eigenvalue weighted by molar-refractivity contribution is 0.223. The minimum atomic E-state index is 0.179. The first-order chi connectivity index (χ1) is 11.7. The first-order valence-corrected chi connectivity index (χ1v) is 7.97. The van der Waals surface area contributed by atoms with E-state index in [9.17, 15) is 0 Å². The van der Waals surface area contributed by atoms with Gasteiger partial charge in [0, 0.05) is 17.5 Å². The van der Waals surface area contributed by atoms with Crippen molar-refractivity contribution in [3.8, 4) is 11.5 Å². The number of hydrogen-bond donors (Lipinski definition) is 1. The number of nitrogens with zero attached hydrogens (tertiary/aromatic N) is 2. The average Bonchev–Trinajstić information content (AvgIpc) is 3.33. The van der Waals surface area contributed by atoms with Crippen LogP contribution in [0.1, 0.15) is 24.3 Å². The Morgan fingerprint density at radius 2 is 2.08 bits per heavy atom. The number of aromatic amines is 1. The lowest BCUT2D eigenvalue weighted by Gasteiger charge is -2.22. The summed E-state index contributed by atoms with van der Waals surface area (Å²) in [6.07, 6.45) is 3.56. The van der Waals surface area contributed by atoms with E-state index >= 15 is 0 Å². The molecule has 1 atom stereocenters. The molecule has 0 fully saturated rings. The van der Waals surface area contributed by atoms with E-state index < -0.39 is 0 Å². The van der Waals surface area contributed by atoms with Crippen molar-refractivity contribution in [1.82, 2.24) is 15.1 Å². The van der Waals surface area contributed by atoms with Crippen LogP contribution >= 0.6 is 0 Å². The second-order valence-corrected chi connectivity index (χ2v) is 6.03. The van der Waals surface area contributed by atoms with Crippen LogP contribution < -0.4 is 0 Å². The number of benzene rings is 1. The van der Waals surface area contributed by atoms with Crippen LogP contribution in [0.15, 0.2) is 63.8 Å². The second-order valence-electron chi connectivity index (χ2n) is 6.03. The van der Waals surface area contributed by atoms with Crippen molar-refractivity contribution in [3.05, 3.63) is 66.2 Å². The summed E-state index contributed by atoms with van der Waals surface area (Å²) < 4.78 is 11.5. The molecule has 1 N–H and O–H groups in total. The molecule has 4 aromatic rings. The van der Waals surface area contributed by atoms with Crippen LogP contribution in [0.2, 0.25) is 0 Å². The van der Waals surface area contributed by atoms with E-state index in [1.807, 2.05) is 48.7 Å². The average molecular weight is 321 g/mol. The fourth-order valence-corrected chi connectivity index (χ4v) is 2.90. The van der Waals surface area contributed by atoms with Crippen LogP contribution in [0.25, 0.3) is 22.4 Å². The maximum atomic E-state index is 5.96. The smallest absolute Gasteiger partial charge is 0.153 e. The van der Waals surface area contributed by atoms with Crippen molar-refractivity contribution in [2.45, 2.75) is 19.5 Å². The van der Waals surface area contributed by atoms with E-state index in [0.717, 1.165) is 40.3 Å². The SMILES string of the molecule is C[C@H](c1ccco1)N(C)Cc1cn[nH]c1-c1cc2ccccc2o1. The van der Waals surface area contributed by atoms with Gasteiger partial charge in [-0.25, -0.2) is 0 Å². The Bertz CT molecular complexity index is 904. The zero-order valence-corrected chi connectivity index (χ0v) is 13.7. The molecule has 1 aromatic carbocycles. The Labute approximate surface area is 139 Å². The van der Waals surface area contributed by atoms with Gasteiger partial charge in [0.2, 0.25) is 0 Å². The molecule has 0 spiro atoms. The maximum absolute atomic E-state index is 5.96. The molecule has 0 unspecified atom stereocenters. The molecular formula is C19H19N3O2. The first-order valence-electron chi connectivity index (χ1n) is 7.97. The standard InChI is InChI=1S/C19H19N3O2/c1-13(16-8-5-9-23-16)22(2)12-15-11-20-21-19(15)18-10-14-6-3-4-7-17(14)24-18/h3-11,13H,12H2,1-2H3,(H,20,21)/t13-/m1/s1. The number of furan rings is 2. The Morgan fingerprint density at radius 1 is 1.21 bits per heavy atom. The third kappa shape index (κ3) is 2.63. The van der Waals surface area contributed by atoms with Gasteiger partial charge in [0.15, 0.2) is 5.76 Å². The number of para-hydroxylation sites is 1. The van der Waals surface area contributed by atoms with E-state index in [1.165, 1.54) is 0 Å². The van der Waals surface area contributed by atoms with Crippen molar-refractivity contribution < 1.29 is 8.83 Å². The van der Waals surface area contributed by atoms with Gasteiger partial charge >= 0.3 is 0 Å². The van der Waals surface area contributed by atoms with Crippen LogP contribution in [-0.4, -0.2) is 22.1 Å². The normalized spacial score (nSPS) is 13.0. The first kappa shape index (κ1) is 14.8. The number of aromatic nitrogens is 2. The highest BCUT2D eigenvalue weighted by molar-refractivity contribution is 5.82. The monoisotopic (exact) mass is 321 g/mol. The molecule has 0 aliphatic carbocycles. The number of hydrogen-bond acceptors (Lipinski definition) is 4. The Morgan fingerprint density at radius 3 is 2.88 bits per heavy atom. The molecule has 0 saturated heterocycles. The third-order valence-corrected chi connectivity index (χ3v) is 4.43. The topological polar surface area (TPSA) is 58.2 Å². The molecule has 24 heavy (non-hydrogen) atoms. The third-order valence-electron chi connectivity index (χ3n) is 4.43. The molecule has 0 bridgehead atoms. The van der Waals surface area contributed by atoms with Crippen molar-refractivity contribution in [1.29, 1.82) is 0 Å². The number of rotatable bonds is 5. The summed E-state index contributed by atoms with van der Waals surface area (Å²) in [5.41, 5.74) is 2.89. The molecule has 0 saturated carbocycles. The maximum Gasteiger partial charge on any atom is 0.153 e. The molecule has 0 aliphatic heterocycles. The lowest BCUT2D eigenvalue weighted by Crippen LogP contribution is -2.21. The predicted molar refractivity (Wildman–Crippen MR) is 92.4 cm³/mol. The predicted octanol–water partition coefficient (Wildman–Crippen LogP) is 4.61. The number of H-pyrrole nitrogens is 1. The molecular weight excluding hydrogens is 302 g/mol. The van der Waals surface area contributed by atoms with Gasteiger partial charge in [0.1, 0.15) is 17.0 Å². The van der Waals surface area contributed by atoms with E-state index in [2.05, 4.69) is 29.1 Å². The molecule has 122 valence electrons. The van der Waals surface area contributed by atoms with Crippen molar-refractivity contribution in [3.63, 3.8) is 0 Å². The molecule has 5 nitrogen and oxygen atoms in total. The van der Waals surface area contributed by atoms with Crippen molar-refractivity contribution in [2.75, 3.05) is 7.05 Å². The van der Waals surface area contributed by atoms with Crippen LogP contribution in [-0.2, 0) is 6.54 Å². The quantitative estimate of drug-likeness (QED) is 0.583. The van der Waals surface area contributed by atoms with Gasteiger partial charge in [0.25, 0.3) is 0 Å². The summed E-state index contributed by atoms with van der Waals surface area (Å²) in [4.78, 5) is 2.22. The van der Waals surface area contributed by atoms with Gasteiger partial charge in [0.05, 0.1) is 18.5 Å². The molecule has 4 rings (SSSR count). The minimum absolute atomic E-state index is 0.179. The Balaban J connectivity index is 1.60. The van der Waals surface area contributed by atoms with Gasteiger partial charge in [-0.15, -0.1) is 0 Å². The van der Waals surface area contributed by atoms with Crippen LogP contribution in [0.4, 0.5) is 0 Å². The van der Waals surface area contributed by atoms with Crippen molar-refractivity contribution in [2.24, 2.45) is 0 Å². The van der Waals surface area contributed by atoms with Crippen LogP contribution in [0.5, 0.6) is 0 Å². The van der Waals surface area contributed by atoms with Crippen LogP contribution in [0.3, 0.4) is 0 Å². The van der Waals surface area contributed by atoms with E-state index in [0.29, 0.717) is 0 Å². The summed E-state index contributed by atoms with van der Waals surface area (Å²) in [5.74, 6) is 1.76. The van der Waals surface area contributed by atoms with Gasteiger partial charge in [-0.3, -0.25) is 10.00 Å². The summed E-state index contributed by atoms with van der Waals surface area (Å²) in [6.45, 7) is 2.87. The molecule has 0 amide bonds. The number of nitrogens with one attached hydrogen (secondary N) is 1. The highest BCUT2D eigenvalue weighted by Gasteiger charge is 2.18. The molecule has 0 radical (unpaired) electrons. The highest BCUT2D eigenvalue weighted by Crippen LogP contribution is 2.30. The summed E-state index contributed by atoms with van der Waals surface area (Å²) in [7, 11) is 2.07. The van der Waals surface area contributed by atoms with Gasteiger partial charge < -0.3 is 8.83 Å². The van der Waals surface area contributed by atoms with Gasteiger partial charge in [-0.1, -0.05) is 18.2 Å². The Hall–Kier alpha value is -2.79. The van der Waals surface area contributed by atoms with Gasteiger partial charge in [-0.2, -0.15) is 5.10 Å². The van der Waals surface area contributed by atoms with E-state index in [-0.39, 0.29) is 6.04 Å². The molecule has 3 heterocycles. The zero-order chi connectivity index (χ0) is 16.5. The summed E-state index contributed by atoms with van der Waals surface area (Å²) in [5, 5.41) is 8.37. The molecule has 3 aromatic heterocycles.